The molecule has 0 aliphatic carbocycles. The van der Waals surface area contributed by atoms with E-state index in [1.807, 2.05) is 26.0 Å². The highest BCUT2D eigenvalue weighted by molar-refractivity contribution is 4.58. The molecule has 0 amide bonds. The minimum atomic E-state index is 0.389. The predicted octanol–water partition coefficient (Wildman–Crippen LogP) is 1.03. The van der Waals surface area contributed by atoms with E-state index in [-0.39, 0.29) is 0 Å². The summed E-state index contributed by atoms with van der Waals surface area (Å²) in [4.78, 5) is 28.5. The zero-order chi connectivity index (χ0) is 38.6. The van der Waals surface area contributed by atoms with Crippen LogP contribution in [0.1, 0.15) is 13.8 Å². The summed E-state index contributed by atoms with van der Waals surface area (Å²) in [7, 11) is 47.8. The fourth-order valence-electron chi connectivity index (χ4n) is 4.91. The van der Waals surface area contributed by atoms with Crippen LogP contribution in [0.3, 0.4) is 0 Å². The van der Waals surface area contributed by atoms with Gasteiger partial charge in [0.2, 0.25) is 0 Å². The first-order valence-corrected chi connectivity index (χ1v) is 16.7. The Hall–Kier alpha value is -0.520. The standard InChI is InChI=1S/C10H25N3.C9H24N4.C7H19N3.C5H14N2.C3H9N/c1-10(2)7-12(5)9-13(6)8-11(3)4;1-10(2)7-13(8-11(3)4)9-12(5)6;1-8(2)7(9(3)4)10(5)6;1-6(2)5-7(3)4;1-4(2)3/h10H,7-9H2,1-6H3;7-9H2,1-6H3;7H,1-6H3;5H2,1-4H3;1-3H3. The van der Waals surface area contributed by atoms with Crippen LogP contribution in [-0.4, -0.2) is 279 Å². The number of hydrogen-bond acceptors (Lipinski definition) is 13. The summed E-state index contributed by atoms with van der Waals surface area (Å²) in [5.74, 6) is 0.748. The Morgan fingerprint density at radius 1 is 0.319 bits per heavy atom. The Morgan fingerprint density at radius 3 is 0.723 bits per heavy atom. The SMILES string of the molecule is CC(C)CN(C)CN(C)CN(C)C.CN(C)C.CN(C)C(N(C)C)N(C)C.CN(C)CN(C)C.CN(C)CN(CN(C)C)CN(C)C. The molecule has 0 aromatic heterocycles. The van der Waals surface area contributed by atoms with E-state index in [1.54, 1.807) is 0 Å². The molecule has 0 saturated carbocycles. The first kappa shape index (κ1) is 55.9. The molecule has 0 spiro atoms. The molecule has 0 heterocycles. The van der Waals surface area contributed by atoms with E-state index in [4.69, 9.17) is 0 Å². The Balaban J connectivity index is -0.000000164. The zero-order valence-corrected chi connectivity index (χ0v) is 36.9. The fraction of sp³-hybridized carbons (Fsp3) is 1.00. The lowest BCUT2D eigenvalue weighted by atomic mass is 10.2. The molecule has 0 aromatic rings. The van der Waals surface area contributed by atoms with Crippen LogP contribution in [0.25, 0.3) is 0 Å². The average Bonchev–Trinajstić information content (AvgIpc) is 2.75. The van der Waals surface area contributed by atoms with Gasteiger partial charge in [0.1, 0.15) is 6.29 Å². The van der Waals surface area contributed by atoms with Gasteiger partial charge in [-0.2, -0.15) is 0 Å². The van der Waals surface area contributed by atoms with Crippen molar-refractivity contribution in [2.75, 3.05) is 209 Å². The lowest BCUT2D eigenvalue weighted by molar-refractivity contribution is 0.00961. The van der Waals surface area contributed by atoms with Gasteiger partial charge in [-0.3, -0.25) is 58.8 Å². The van der Waals surface area contributed by atoms with Crippen molar-refractivity contribution in [1.82, 2.24) is 63.7 Å². The van der Waals surface area contributed by atoms with Gasteiger partial charge >= 0.3 is 0 Å². The molecule has 0 aliphatic heterocycles. The maximum atomic E-state index is 2.38. The Bertz CT molecular complexity index is 545. The third kappa shape index (κ3) is 55.2. The van der Waals surface area contributed by atoms with Crippen LogP contribution in [-0.2, 0) is 0 Å². The summed E-state index contributed by atoms with van der Waals surface area (Å²) in [5.41, 5.74) is 0. The molecule has 0 bridgehead atoms. The minimum Gasteiger partial charge on any atom is -0.312 e. The molecule has 0 aromatic carbocycles. The Labute approximate surface area is 298 Å². The van der Waals surface area contributed by atoms with Crippen molar-refractivity contribution in [2.45, 2.75) is 20.1 Å². The van der Waals surface area contributed by atoms with Gasteiger partial charge in [0, 0.05) is 13.2 Å². The molecule has 0 rings (SSSR count). The molecule has 0 atom stereocenters. The van der Waals surface area contributed by atoms with E-state index in [0.717, 1.165) is 52.5 Å². The third-order valence-corrected chi connectivity index (χ3v) is 5.08. The molecular weight excluding hydrogens is 590 g/mol. The van der Waals surface area contributed by atoms with E-state index >= 15 is 0 Å². The predicted molar refractivity (Wildman–Crippen MR) is 213 cm³/mol. The normalized spacial score (nSPS) is 12.0. The van der Waals surface area contributed by atoms with Crippen LogP contribution in [0, 0.1) is 5.92 Å². The van der Waals surface area contributed by atoms with Gasteiger partial charge in [0.05, 0.1) is 33.3 Å². The average molecular weight is 682 g/mol. The van der Waals surface area contributed by atoms with Crippen molar-refractivity contribution >= 4 is 0 Å². The van der Waals surface area contributed by atoms with Gasteiger partial charge in [-0.25, -0.2) is 0 Å². The molecule has 0 unspecified atom stereocenters. The third-order valence-electron chi connectivity index (χ3n) is 5.08. The fourth-order valence-corrected chi connectivity index (χ4v) is 4.91. The molecule has 0 fully saturated rings. The first-order valence-electron chi connectivity index (χ1n) is 16.7. The summed E-state index contributed by atoms with van der Waals surface area (Å²) in [6.45, 7) is 11.7. The number of rotatable bonds is 17. The van der Waals surface area contributed by atoms with Crippen molar-refractivity contribution in [2.24, 2.45) is 5.92 Å². The van der Waals surface area contributed by atoms with Crippen LogP contribution in [0.5, 0.6) is 0 Å². The van der Waals surface area contributed by atoms with E-state index in [9.17, 15) is 0 Å². The highest BCUT2D eigenvalue weighted by atomic mass is 15.5. The summed E-state index contributed by atoms with van der Waals surface area (Å²) in [6.07, 6.45) is 0.389. The van der Waals surface area contributed by atoms with Crippen LogP contribution in [0.15, 0.2) is 0 Å². The largest absolute Gasteiger partial charge is 0.312 e. The summed E-state index contributed by atoms with van der Waals surface area (Å²) >= 11 is 0. The van der Waals surface area contributed by atoms with E-state index < -0.39 is 0 Å². The molecule has 0 radical (unpaired) electrons. The molecule has 292 valence electrons. The van der Waals surface area contributed by atoms with Gasteiger partial charge in [-0.05, 0) is 168 Å². The van der Waals surface area contributed by atoms with Gasteiger partial charge in [-0.15, -0.1) is 0 Å². The smallest absolute Gasteiger partial charge is 0.118 e. The van der Waals surface area contributed by atoms with Gasteiger partial charge in [0.15, 0.2) is 0 Å². The number of nitrogens with zero attached hydrogens (tertiary/aromatic N) is 13. The van der Waals surface area contributed by atoms with Crippen LogP contribution >= 0.6 is 0 Å². The van der Waals surface area contributed by atoms with Gasteiger partial charge in [-0.1, -0.05) is 13.8 Å². The van der Waals surface area contributed by atoms with Crippen LogP contribution < -0.4 is 0 Å². The van der Waals surface area contributed by atoms with Gasteiger partial charge < -0.3 is 4.90 Å². The van der Waals surface area contributed by atoms with E-state index in [1.165, 1.54) is 0 Å². The van der Waals surface area contributed by atoms with Crippen molar-refractivity contribution in [3.05, 3.63) is 0 Å². The molecule has 0 N–H and O–H groups in total. The molecule has 47 heavy (non-hydrogen) atoms. The molecule has 13 nitrogen and oxygen atoms in total. The molecule has 0 aliphatic rings. The molecule has 0 saturated heterocycles. The molecular formula is C34H91N13. The van der Waals surface area contributed by atoms with E-state index in [2.05, 4.69) is 214 Å². The summed E-state index contributed by atoms with van der Waals surface area (Å²) in [5, 5.41) is 0. The monoisotopic (exact) mass is 682 g/mol. The van der Waals surface area contributed by atoms with E-state index in [0.29, 0.717) is 6.29 Å². The van der Waals surface area contributed by atoms with Crippen molar-refractivity contribution in [3.8, 4) is 0 Å². The number of hydrogen-bond donors (Lipinski definition) is 0. The lowest BCUT2D eigenvalue weighted by Gasteiger charge is -2.35. The van der Waals surface area contributed by atoms with Gasteiger partial charge in [0.25, 0.3) is 0 Å². The van der Waals surface area contributed by atoms with Crippen molar-refractivity contribution in [1.29, 1.82) is 0 Å². The van der Waals surface area contributed by atoms with Crippen LogP contribution in [0.2, 0.25) is 0 Å². The van der Waals surface area contributed by atoms with Crippen LogP contribution in [0.4, 0.5) is 0 Å². The summed E-state index contributed by atoms with van der Waals surface area (Å²) in [6, 6.07) is 0. The second-order valence-electron chi connectivity index (χ2n) is 15.9. The maximum Gasteiger partial charge on any atom is 0.118 e. The first-order chi connectivity index (χ1) is 21.1. The topological polar surface area (TPSA) is 42.1 Å². The highest BCUT2D eigenvalue weighted by Crippen LogP contribution is 1.99. The highest BCUT2D eigenvalue weighted by Gasteiger charge is 2.14. The molecule has 13 heteroatoms. The Morgan fingerprint density at radius 2 is 0.574 bits per heavy atom. The summed E-state index contributed by atoms with van der Waals surface area (Å²) < 4.78 is 0. The maximum absolute atomic E-state index is 2.38. The minimum absolute atomic E-state index is 0.389. The quantitative estimate of drug-likeness (QED) is 0.206. The zero-order valence-electron chi connectivity index (χ0n) is 36.9. The second kappa shape index (κ2) is 34.0. The van der Waals surface area contributed by atoms with Crippen molar-refractivity contribution in [3.63, 3.8) is 0 Å². The lowest BCUT2D eigenvalue weighted by Crippen LogP contribution is -2.50. The van der Waals surface area contributed by atoms with Crippen molar-refractivity contribution < 1.29 is 0 Å². The second-order valence-corrected chi connectivity index (χ2v) is 15.9. The Kier molecular flexibility index (Phi) is 40.4.